The number of fused-ring (bicyclic) bond motifs is 2. The van der Waals surface area contributed by atoms with E-state index in [0.717, 1.165) is 5.92 Å². The van der Waals surface area contributed by atoms with E-state index in [9.17, 15) is 0 Å². The third-order valence-corrected chi connectivity index (χ3v) is 5.46. The average Bonchev–Trinajstić information content (AvgIpc) is 2.68. The fourth-order valence-corrected chi connectivity index (χ4v) is 4.33. The van der Waals surface area contributed by atoms with Crippen molar-refractivity contribution in [1.29, 1.82) is 0 Å². The smallest absolute Gasteiger partial charge is 0.0712 e. The molecular weight excluding hydrogens is 206 g/mol. The van der Waals surface area contributed by atoms with Crippen LogP contribution >= 0.6 is 0 Å². The molecule has 2 rings (SSSR count). The Morgan fingerprint density at radius 2 is 1.94 bits per heavy atom. The van der Waals surface area contributed by atoms with Gasteiger partial charge in [0.2, 0.25) is 0 Å². The molecule has 0 aliphatic heterocycles. The van der Waals surface area contributed by atoms with E-state index in [1.165, 1.54) is 19.3 Å². The van der Waals surface area contributed by atoms with Crippen molar-refractivity contribution in [3.05, 3.63) is 0 Å². The van der Waals surface area contributed by atoms with Gasteiger partial charge in [-0.05, 0) is 41.9 Å². The minimum atomic E-state index is 0.218. The molecule has 0 aromatic rings. The second kappa shape index (κ2) is 4.02. The van der Waals surface area contributed by atoms with Gasteiger partial charge in [0.1, 0.15) is 0 Å². The monoisotopic (exact) mass is 233 g/mol. The van der Waals surface area contributed by atoms with Crippen LogP contribution in [0.1, 0.15) is 53.9 Å². The zero-order chi connectivity index (χ0) is 12.8. The summed E-state index contributed by atoms with van der Waals surface area (Å²) in [6.07, 6.45) is 9.83. The van der Waals surface area contributed by atoms with Crippen LogP contribution in [0.2, 0.25) is 0 Å². The van der Waals surface area contributed by atoms with Gasteiger partial charge in [-0.3, -0.25) is 5.32 Å². The zero-order valence-electron chi connectivity index (χ0n) is 12.0. The van der Waals surface area contributed by atoms with E-state index in [-0.39, 0.29) is 6.04 Å². The number of nitrogens with one attached hydrogen (secondary N) is 1. The van der Waals surface area contributed by atoms with Crippen molar-refractivity contribution in [2.24, 2.45) is 22.7 Å². The molecule has 0 amide bonds. The molecule has 2 bridgehead atoms. The van der Waals surface area contributed by atoms with Crippen LogP contribution in [0.4, 0.5) is 0 Å². The van der Waals surface area contributed by atoms with Gasteiger partial charge in [-0.2, -0.15) is 0 Å². The standard InChI is InChI=1S/C16H27N/c1-7-13(11(2)3)17-14-15(4,5)12-8-9-16(14,6)10-12/h1,11-14,17H,8-10H2,2-6H3/t12-,13?,14?,16+/m0/s1. The van der Waals surface area contributed by atoms with Crippen molar-refractivity contribution < 1.29 is 0 Å². The molecule has 4 atom stereocenters. The number of hydrogen-bond acceptors (Lipinski definition) is 1. The SMILES string of the molecule is C#CC(NC1C(C)(C)[C@H]2CC[C@]1(C)C2)C(C)C. The molecule has 0 radical (unpaired) electrons. The third kappa shape index (κ3) is 1.91. The maximum absolute atomic E-state index is 5.67. The minimum Gasteiger partial charge on any atom is -0.300 e. The summed E-state index contributed by atoms with van der Waals surface area (Å²) in [4.78, 5) is 0. The first-order valence-electron chi connectivity index (χ1n) is 7.03. The molecule has 2 aliphatic carbocycles. The first-order chi connectivity index (χ1) is 7.81. The van der Waals surface area contributed by atoms with Crippen LogP contribution in [0.15, 0.2) is 0 Å². The number of hydrogen-bond donors (Lipinski definition) is 1. The summed E-state index contributed by atoms with van der Waals surface area (Å²) >= 11 is 0. The fraction of sp³-hybridized carbons (Fsp3) is 0.875. The van der Waals surface area contributed by atoms with Crippen molar-refractivity contribution >= 4 is 0 Å². The van der Waals surface area contributed by atoms with Crippen LogP contribution in [0.5, 0.6) is 0 Å². The molecule has 0 saturated heterocycles. The van der Waals surface area contributed by atoms with E-state index in [1.807, 2.05) is 0 Å². The predicted molar refractivity (Wildman–Crippen MR) is 73.6 cm³/mol. The molecule has 1 heteroatoms. The molecule has 1 N–H and O–H groups in total. The van der Waals surface area contributed by atoms with Gasteiger partial charge < -0.3 is 0 Å². The lowest BCUT2D eigenvalue weighted by molar-refractivity contribution is 0.0993. The van der Waals surface area contributed by atoms with Gasteiger partial charge in [0.05, 0.1) is 6.04 Å². The van der Waals surface area contributed by atoms with Gasteiger partial charge in [0.25, 0.3) is 0 Å². The Morgan fingerprint density at radius 1 is 1.29 bits per heavy atom. The second-order valence-electron chi connectivity index (χ2n) is 7.40. The van der Waals surface area contributed by atoms with Gasteiger partial charge in [-0.15, -0.1) is 6.42 Å². The maximum Gasteiger partial charge on any atom is 0.0712 e. The first-order valence-corrected chi connectivity index (χ1v) is 7.03. The maximum atomic E-state index is 5.67. The lowest BCUT2D eigenvalue weighted by atomic mass is 9.68. The molecule has 2 aliphatic rings. The van der Waals surface area contributed by atoms with Crippen molar-refractivity contribution in [3.8, 4) is 12.3 Å². The summed E-state index contributed by atoms with van der Waals surface area (Å²) < 4.78 is 0. The fourth-order valence-electron chi connectivity index (χ4n) is 4.33. The van der Waals surface area contributed by atoms with Crippen LogP contribution in [0, 0.1) is 35.0 Å². The van der Waals surface area contributed by atoms with E-state index in [0.29, 0.717) is 22.8 Å². The van der Waals surface area contributed by atoms with E-state index in [1.54, 1.807) is 0 Å². The Bertz CT molecular complexity index is 331. The normalized spacial score (nSPS) is 40.5. The quantitative estimate of drug-likeness (QED) is 0.736. The molecule has 17 heavy (non-hydrogen) atoms. The lowest BCUT2D eigenvalue weighted by Gasteiger charge is -2.45. The molecular formula is C16H27N. The molecule has 96 valence electrons. The summed E-state index contributed by atoms with van der Waals surface area (Å²) in [5, 5.41) is 3.79. The molecule has 2 fully saturated rings. The summed E-state index contributed by atoms with van der Waals surface area (Å²) in [7, 11) is 0. The molecule has 0 heterocycles. The van der Waals surface area contributed by atoms with Crippen LogP contribution in [-0.2, 0) is 0 Å². The van der Waals surface area contributed by atoms with Gasteiger partial charge in [0, 0.05) is 6.04 Å². The highest BCUT2D eigenvalue weighted by molar-refractivity contribution is 5.15. The molecule has 2 saturated carbocycles. The van der Waals surface area contributed by atoms with E-state index >= 15 is 0 Å². The summed E-state index contributed by atoms with van der Waals surface area (Å²) in [5.74, 6) is 4.33. The minimum absolute atomic E-state index is 0.218. The Labute approximate surface area is 107 Å². The van der Waals surface area contributed by atoms with Gasteiger partial charge in [-0.1, -0.05) is 40.5 Å². The van der Waals surface area contributed by atoms with Crippen molar-refractivity contribution in [2.75, 3.05) is 0 Å². The van der Waals surface area contributed by atoms with Crippen LogP contribution < -0.4 is 5.32 Å². The molecule has 0 aromatic carbocycles. The summed E-state index contributed by atoms with van der Waals surface area (Å²) in [6.45, 7) is 11.7. The Kier molecular flexibility index (Phi) is 3.07. The highest BCUT2D eigenvalue weighted by Crippen LogP contribution is 2.62. The number of terminal acetylenes is 1. The third-order valence-electron chi connectivity index (χ3n) is 5.46. The van der Waals surface area contributed by atoms with E-state index in [4.69, 9.17) is 6.42 Å². The van der Waals surface area contributed by atoms with E-state index < -0.39 is 0 Å². The topological polar surface area (TPSA) is 12.0 Å². The Hall–Kier alpha value is -0.480. The predicted octanol–water partition coefficient (Wildman–Crippen LogP) is 3.45. The first kappa shape index (κ1) is 13.0. The van der Waals surface area contributed by atoms with Crippen molar-refractivity contribution in [3.63, 3.8) is 0 Å². The molecule has 2 unspecified atom stereocenters. The lowest BCUT2D eigenvalue weighted by Crippen LogP contribution is -2.54. The Morgan fingerprint density at radius 3 is 2.35 bits per heavy atom. The van der Waals surface area contributed by atoms with E-state index in [2.05, 4.69) is 45.9 Å². The molecule has 0 aromatic heterocycles. The van der Waals surface area contributed by atoms with Crippen LogP contribution in [0.3, 0.4) is 0 Å². The van der Waals surface area contributed by atoms with Crippen molar-refractivity contribution in [1.82, 2.24) is 5.32 Å². The summed E-state index contributed by atoms with van der Waals surface area (Å²) in [5.41, 5.74) is 0.870. The molecule has 1 nitrogen and oxygen atoms in total. The number of rotatable bonds is 3. The second-order valence-corrected chi connectivity index (χ2v) is 7.40. The largest absolute Gasteiger partial charge is 0.300 e. The van der Waals surface area contributed by atoms with Crippen LogP contribution in [-0.4, -0.2) is 12.1 Å². The highest BCUT2D eigenvalue weighted by Gasteiger charge is 2.59. The van der Waals surface area contributed by atoms with Gasteiger partial charge in [0.15, 0.2) is 0 Å². The van der Waals surface area contributed by atoms with Crippen molar-refractivity contribution in [2.45, 2.75) is 66.0 Å². The van der Waals surface area contributed by atoms with Crippen LogP contribution in [0.25, 0.3) is 0 Å². The van der Waals surface area contributed by atoms with Gasteiger partial charge >= 0.3 is 0 Å². The highest BCUT2D eigenvalue weighted by atomic mass is 15.0. The van der Waals surface area contributed by atoms with Gasteiger partial charge in [-0.25, -0.2) is 0 Å². The summed E-state index contributed by atoms with van der Waals surface area (Å²) in [6, 6.07) is 0.799. The molecule has 0 spiro atoms. The zero-order valence-corrected chi connectivity index (χ0v) is 12.0. The average molecular weight is 233 g/mol. The Balaban J connectivity index is 2.18.